The van der Waals surface area contributed by atoms with Crippen LogP contribution in [0.1, 0.15) is 63.9 Å². The van der Waals surface area contributed by atoms with Crippen molar-refractivity contribution in [3.8, 4) is 11.5 Å². The summed E-state index contributed by atoms with van der Waals surface area (Å²) in [5.41, 5.74) is 0.718. The van der Waals surface area contributed by atoms with E-state index in [0.717, 1.165) is 50.3 Å². The summed E-state index contributed by atoms with van der Waals surface area (Å²) in [6.07, 6.45) is 7.23. The molecule has 2 saturated heterocycles. The van der Waals surface area contributed by atoms with Gasteiger partial charge in [-0.2, -0.15) is 0 Å². The number of rotatable bonds is 10. The average molecular weight is 613 g/mol. The van der Waals surface area contributed by atoms with Gasteiger partial charge in [0.05, 0.1) is 12.4 Å². The van der Waals surface area contributed by atoms with Gasteiger partial charge in [-0.1, -0.05) is 38.3 Å². The smallest absolute Gasteiger partial charge is 0.248 e. The molecule has 1 spiro atoms. The van der Waals surface area contributed by atoms with E-state index in [1.807, 2.05) is 31.2 Å². The fourth-order valence-electron chi connectivity index (χ4n) is 6.81. The van der Waals surface area contributed by atoms with E-state index < -0.39 is 27.7 Å². The number of hydrogen-bond acceptors (Lipinski definition) is 7. The van der Waals surface area contributed by atoms with Crippen molar-refractivity contribution in [3.63, 3.8) is 0 Å². The lowest BCUT2D eigenvalue weighted by molar-refractivity contribution is -0.165. The number of likely N-dealkylation sites (tertiary alicyclic amines) is 1. The molecule has 11 heteroatoms. The number of nitrogens with one attached hydrogen (secondary N) is 2. The molecular weight excluding hydrogens is 568 g/mol. The molecule has 2 aromatic carbocycles. The molecule has 2 aromatic rings. The van der Waals surface area contributed by atoms with Crippen molar-refractivity contribution in [2.45, 2.75) is 82.5 Å². The van der Waals surface area contributed by atoms with E-state index in [9.17, 15) is 23.1 Å². The molecule has 2 heterocycles. The Morgan fingerprint density at radius 3 is 2.19 bits per heavy atom. The number of piperazine rings is 1. The van der Waals surface area contributed by atoms with Crippen LogP contribution in [0.15, 0.2) is 48.5 Å². The van der Waals surface area contributed by atoms with Crippen LogP contribution in [-0.4, -0.2) is 78.7 Å². The molecule has 0 radical (unpaired) electrons. The highest BCUT2D eigenvalue weighted by Crippen LogP contribution is 2.36. The zero-order chi connectivity index (χ0) is 30.6. The van der Waals surface area contributed by atoms with Gasteiger partial charge in [0.1, 0.15) is 23.1 Å². The Bertz CT molecular complexity index is 1370. The van der Waals surface area contributed by atoms with Crippen molar-refractivity contribution in [1.29, 1.82) is 0 Å². The zero-order valence-corrected chi connectivity index (χ0v) is 25.9. The average Bonchev–Trinajstić information content (AvgIpc) is 2.99. The number of carbonyl (C=O) groups excluding carboxylic acids is 2. The van der Waals surface area contributed by atoms with Crippen LogP contribution >= 0.6 is 0 Å². The van der Waals surface area contributed by atoms with Gasteiger partial charge >= 0.3 is 0 Å². The Morgan fingerprint density at radius 1 is 1.00 bits per heavy atom. The molecule has 3 N–H and O–H groups in total. The maximum Gasteiger partial charge on any atom is 0.248 e. The summed E-state index contributed by atoms with van der Waals surface area (Å²) >= 11 is 0. The number of carbonyl (C=O) groups is 2. The summed E-state index contributed by atoms with van der Waals surface area (Å²) in [4.78, 5) is 31.5. The van der Waals surface area contributed by atoms with E-state index in [4.69, 9.17) is 4.74 Å². The van der Waals surface area contributed by atoms with Crippen LogP contribution in [-0.2, 0) is 26.2 Å². The quantitative estimate of drug-likeness (QED) is 0.372. The number of piperidine rings is 1. The van der Waals surface area contributed by atoms with Gasteiger partial charge in [-0.3, -0.25) is 19.2 Å². The van der Waals surface area contributed by atoms with E-state index in [1.165, 1.54) is 0 Å². The molecular formula is C32H44N4O6S. The second kappa shape index (κ2) is 13.2. The lowest BCUT2D eigenvalue weighted by Gasteiger charge is -2.52. The third kappa shape index (κ3) is 7.33. The van der Waals surface area contributed by atoms with Crippen LogP contribution in [0.5, 0.6) is 11.5 Å². The minimum atomic E-state index is -3.34. The molecule has 234 valence electrons. The summed E-state index contributed by atoms with van der Waals surface area (Å²) in [5, 5.41) is 14.1. The van der Waals surface area contributed by atoms with Gasteiger partial charge < -0.3 is 20.1 Å². The normalized spacial score (nSPS) is 22.3. The molecule has 2 aliphatic heterocycles. The standard InChI is InChI=1S/C32H44N4O6S/c1-3-19-36-30(38)28(29(37)24-7-5-4-6-8-24)33-31(39)32(36)17-20-35(21-18-32)22-23-9-13-26(14-10-23)42-27-15-11-25(12-16-27)34-43(2,40)41/h9-16,24,28-29,34,37H,3-8,17-22H2,1-2H3,(H,33,39)/t28-,29-/m1/s1. The summed E-state index contributed by atoms with van der Waals surface area (Å²) < 4.78 is 31.1. The van der Waals surface area contributed by atoms with E-state index in [2.05, 4.69) is 14.9 Å². The maximum atomic E-state index is 13.7. The molecule has 2 atom stereocenters. The monoisotopic (exact) mass is 612 g/mol. The lowest BCUT2D eigenvalue weighted by Crippen LogP contribution is -2.75. The van der Waals surface area contributed by atoms with Crippen LogP contribution in [0.2, 0.25) is 0 Å². The number of hydrogen-bond donors (Lipinski definition) is 3. The number of nitrogens with zero attached hydrogens (tertiary/aromatic N) is 2. The number of anilines is 1. The SMILES string of the molecule is CCCN1C(=O)[C@@H]([C@H](O)C2CCCCC2)NC(=O)C12CCN(Cc1ccc(Oc3ccc(NS(C)(=O)=O)cc3)cc1)CC2. The number of aliphatic hydroxyl groups is 1. The van der Waals surface area contributed by atoms with Gasteiger partial charge in [-0.05, 0) is 80.0 Å². The first-order valence-corrected chi connectivity index (χ1v) is 17.3. The fourth-order valence-corrected chi connectivity index (χ4v) is 7.37. The Balaban J connectivity index is 1.17. The fraction of sp³-hybridized carbons (Fsp3) is 0.562. The van der Waals surface area contributed by atoms with Crippen LogP contribution in [0.25, 0.3) is 0 Å². The third-order valence-electron chi connectivity index (χ3n) is 9.09. The van der Waals surface area contributed by atoms with Crippen LogP contribution < -0.4 is 14.8 Å². The molecule has 0 aromatic heterocycles. The Kier molecular flexibility index (Phi) is 9.63. The minimum Gasteiger partial charge on any atom is -0.457 e. The number of sulfonamides is 1. The van der Waals surface area contributed by atoms with E-state index in [-0.39, 0.29) is 17.7 Å². The van der Waals surface area contributed by atoms with Crippen molar-refractivity contribution >= 4 is 27.5 Å². The molecule has 5 rings (SSSR count). The molecule has 0 bridgehead atoms. The lowest BCUT2D eigenvalue weighted by atomic mass is 9.78. The highest BCUT2D eigenvalue weighted by molar-refractivity contribution is 7.92. The number of amides is 2. The molecule has 1 aliphatic carbocycles. The van der Waals surface area contributed by atoms with E-state index in [0.29, 0.717) is 56.2 Å². The zero-order valence-electron chi connectivity index (χ0n) is 25.1. The first kappa shape index (κ1) is 31.3. The second-order valence-electron chi connectivity index (χ2n) is 12.3. The third-order valence-corrected chi connectivity index (χ3v) is 9.69. The molecule has 3 fully saturated rings. The van der Waals surface area contributed by atoms with Crippen molar-refractivity contribution in [1.82, 2.24) is 15.1 Å². The van der Waals surface area contributed by atoms with Gasteiger partial charge in [0.15, 0.2) is 0 Å². The van der Waals surface area contributed by atoms with Crippen molar-refractivity contribution in [3.05, 3.63) is 54.1 Å². The first-order chi connectivity index (χ1) is 20.6. The Labute approximate surface area is 254 Å². The van der Waals surface area contributed by atoms with Crippen molar-refractivity contribution in [2.75, 3.05) is 30.6 Å². The van der Waals surface area contributed by atoms with Gasteiger partial charge in [0.25, 0.3) is 0 Å². The van der Waals surface area contributed by atoms with Gasteiger partial charge in [-0.25, -0.2) is 8.42 Å². The molecule has 10 nitrogen and oxygen atoms in total. The largest absolute Gasteiger partial charge is 0.457 e. The van der Waals surface area contributed by atoms with Crippen molar-refractivity contribution in [2.24, 2.45) is 5.92 Å². The van der Waals surface area contributed by atoms with Crippen LogP contribution in [0, 0.1) is 5.92 Å². The van der Waals surface area contributed by atoms with E-state index in [1.54, 1.807) is 29.2 Å². The van der Waals surface area contributed by atoms with Crippen LogP contribution in [0.4, 0.5) is 5.69 Å². The highest BCUT2D eigenvalue weighted by atomic mass is 32.2. The van der Waals surface area contributed by atoms with Crippen molar-refractivity contribution < 1.29 is 27.9 Å². The highest BCUT2D eigenvalue weighted by Gasteiger charge is 2.55. The predicted molar refractivity (Wildman–Crippen MR) is 165 cm³/mol. The Morgan fingerprint density at radius 2 is 1.60 bits per heavy atom. The summed E-state index contributed by atoms with van der Waals surface area (Å²) in [5.74, 6) is 1.07. The molecule has 43 heavy (non-hydrogen) atoms. The van der Waals surface area contributed by atoms with Gasteiger partial charge in [0, 0.05) is 31.9 Å². The topological polar surface area (TPSA) is 128 Å². The molecule has 2 amide bonds. The molecule has 1 saturated carbocycles. The number of ether oxygens (including phenoxy) is 1. The Hall–Kier alpha value is -3.15. The van der Waals surface area contributed by atoms with Gasteiger partial charge in [0.2, 0.25) is 21.8 Å². The number of aliphatic hydroxyl groups excluding tert-OH is 1. The summed E-state index contributed by atoms with van der Waals surface area (Å²) in [6.45, 7) is 4.62. The first-order valence-electron chi connectivity index (χ1n) is 15.5. The summed E-state index contributed by atoms with van der Waals surface area (Å²) in [7, 11) is -3.34. The number of benzene rings is 2. The maximum absolute atomic E-state index is 13.7. The van der Waals surface area contributed by atoms with E-state index >= 15 is 0 Å². The molecule has 0 unspecified atom stereocenters. The predicted octanol–water partition coefficient (Wildman–Crippen LogP) is 3.86. The van der Waals surface area contributed by atoms with Crippen LogP contribution in [0.3, 0.4) is 0 Å². The summed E-state index contributed by atoms with van der Waals surface area (Å²) in [6, 6.07) is 13.7. The van der Waals surface area contributed by atoms with Gasteiger partial charge in [-0.15, -0.1) is 0 Å². The minimum absolute atomic E-state index is 0.0592. The second-order valence-corrected chi connectivity index (χ2v) is 14.0. The molecule has 3 aliphatic rings.